The number of carbonyl (C=O) groups is 1. The van der Waals surface area contributed by atoms with Crippen molar-refractivity contribution in [2.75, 3.05) is 0 Å². The highest BCUT2D eigenvalue weighted by Gasteiger charge is 2.18. The highest BCUT2D eigenvalue weighted by Crippen LogP contribution is 2.23. The van der Waals surface area contributed by atoms with Crippen LogP contribution in [-0.2, 0) is 0 Å². The van der Waals surface area contributed by atoms with Crippen LogP contribution in [0.25, 0.3) is 0 Å². The first-order valence-electron chi connectivity index (χ1n) is 4.17. The van der Waals surface area contributed by atoms with E-state index in [2.05, 4.69) is 31.9 Å². The Balaban J connectivity index is 2.53. The van der Waals surface area contributed by atoms with Gasteiger partial charge in [-0.05, 0) is 49.4 Å². The Hall–Kier alpha value is -0.720. The number of hydrogen-bond donors (Lipinski definition) is 0. The molecule has 16 heavy (non-hydrogen) atoms. The third-order valence-corrected chi connectivity index (χ3v) is 3.82. The average molecular weight is 364 g/mol. The Morgan fingerprint density at radius 1 is 1.31 bits per heavy atom. The second kappa shape index (κ2) is 4.65. The molecule has 0 atom stereocenters. The Kier molecular flexibility index (Phi) is 3.41. The third-order valence-electron chi connectivity index (χ3n) is 1.81. The summed E-state index contributed by atoms with van der Waals surface area (Å²) in [5.74, 6) is -0.276. The van der Waals surface area contributed by atoms with E-state index in [9.17, 15) is 9.59 Å². The van der Waals surface area contributed by atoms with Gasteiger partial charge in [0.2, 0.25) is 5.78 Å². The highest BCUT2D eigenvalue weighted by atomic mass is 79.9. The van der Waals surface area contributed by atoms with Crippen LogP contribution in [0.2, 0.25) is 0 Å². The Labute approximate surface area is 111 Å². The lowest BCUT2D eigenvalue weighted by Gasteiger charge is -2.00. The summed E-state index contributed by atoms with van der Waals surface area (Å²) >= 11 is 7.52. The lowest BCUT2D eigenvalue weighted by Crippen LogP contribution is -2.08. The molecule has 0 fully saturated rings. The van der Waals surface area contributed by atoms with Gasteiger partial charge >= 0.3 is 5.63 Å². The Bertz CT molecular complexity index is 587. The van der Waals surface area contributed by atoms with Crippen molar-refractivity contribution in [3.63, 3.8) is 0 Å². The fourth-order valence-electron chi connectivity index (χ4n) is 1.10. The van der Waals surface area contributed by atoms with Crippen LogP contribution >= 0.6 is 43.2 Å². The normalized spacial score (nSPS) is 10.4. The molecule has 2 aromatic heterocycles. The standard InChI is InChI=1S/C10H4Br2O3S/c11-5-4-6(12)10(14)15-9(5)8(13)7-2-1-3-16-7/h1-4H. The van der Waals surface area contributed by atoms with E-state index in [1.807, 2.05) is 0 Å². The van der Waals surface area contributed by atoms with Crippen LogP contribution in [0, 0.1) is 0 Å². The van der Waals surface area contributed by atoms with Crippen molar-refractivity contribution in [2.45, 2.75) is 0 Å². The molecule has 0 aliphatic heterocycles. The molecule has 6 heteroatoms. The summed E-state index contributed by atoms with van der Waals surface area (Å²) in [5.41, 5.74) is -0.567. The van der Waals surface area contributed by atoms with E-state index in [-0.39, 0.29) is 16.0 Å². The molecule has 0 spiro atoms. The molecule has 0 saturated carbocycles. The molecule has 0 saturated heterocycles. The minimum atomic E-state index is -0.567. The summed E-state index contributed by atoms with van der Waals surface area (Å²) in [6.07, 6.45) is 0. The highest BCUT2D eigenvalue weighted by molar-refractivity contribution is 9.11. The van der Waals surface area contributed by atoms with Gasteiger partial charge in [-0.2, -0.15) is 0 Å². The summed E-state index contributed by atoms with van der Waals surface area (Å²) in [5, 5.41) is 1.79. The topological polar surface area (TPSA) is 47.3 Å². The smallest absolute Gasteiger partial charge is 0.350 e. The average Bonchev–Trinajstić information content (AvgIpc) is 2.75. The van der Waals surface area contributed by atoms with Crippen molar-refractivity contribution >= 4 is 49.0 Å². The molecule has 0 N–H and O–H groups in total. The molecule has 2 heterocycles. The molecular formula is C10H4Br2O3S. The van der Waals surface area contributed by atoms with Crippen molar-refractivity contribution in [2.24, 2.45) is 0 Å². The van der Waals surface area contributed by atoms with Crippen molar-refractivity contribution in [3.8, 4) is 0 Å². The van der Waals surface area contributed by atoms with Crippen LogP contribution < -0.4 is 5.63 Å². The maximum Gasteiger partial charge on any atom is 0.350 e. The van der Waals surface area contributed by atoms with E-state index in [1.54, 1.807) is 17.5 Å². The first-order chi connectivity index (χ1) is 7.59. The number of ketones is 1. The van der Waals surface area contributed by atoms with Crippen LogP contribution in [0.5, 0.6) is 0 Å². The largest absolute Gasteiger partial charge is 0.417 e. The molecule has 2 aromatic rings. The molecule has 0 bridgehead atoms. The molecule has 0 aliphatic carbocycles. The van der Waals surface area contributed by atoms with Crippen LogP contribution in [0.1, 0.15) is 15.4 Å². The molecule has 3 nitrogen and oxygen atoms in total. The molecule has 0 aliphatic rings. The quantitative estimate of drug-likeness (QED) is 0.767. The lowest BCUT2D eigenvalue weighted by molar-refractivity contribution is 0.101. The summed E-state index contributed by atoms with van der Waals surface area (Å²) in [7, 11) is 0. The zero-order valence-electron chi connectivity index (χ0n) is 7.70. The third kappa shape index (κ3) is 2.18. The molecule has 0 radical (unpaired) electrons. The van der Waals surface area contributed by atoms with E-state index in [1.165, 1.54) is 17.4 Å². The molecular weight excluding hydrogens is 360 g/mol. The maximum absolute atomic E-state index is 11.9. The Morgan fingerprint density at radius 2 is 2.06 bits per heavy atom. The van der Waals surface area contributed by atoms with E-state index in [4.69, 9.17) is 4.42 Å². The van der Waals surface area contributed by atoms with Crippen molar-refractivity contribution < 1.29 is 9.21 Å². The van der Waals surface area contributed by atoms with Gasteiger partial charge in [0, 0.05) is 0 Å². The minimum absolute atomic E-state index is 0.0238. The van der Waals surface area contributed by atoms with Crippen molar-refractivity contribution in [1.82, 2.24) is 0 Å². The lowest BCUT2D eigenvalue weighted by atomic mass is 10.2. The van der Waals surface area contributed by atoms with E-state index >= 15 is 0 Å². The zero-order valence-corrected chi connectivity index (χ0v) is 11.7. The Morgan fingerprint density at radius 3 is 2.69 bits per heavy atom. The first kappa shape index (κ1) is 11.8. The van der Waals surface area contributed by atoms with Gasteiger partial charge in [-0.3, -0.25) is 4.79 Å². The number of thiophene rings is 1. The van der Waals surface area contributed by atoms with Crippen molar-refractivity contribution in [1.29, 1.82) is 0 Å². The fourth-order valence-corrected chi connectivity index (χ4v) is 2.87. The predicted octanol–water partition coefficient (Wildman–Crippen LogP) is 3.46. The number of carbonyl (C=O) groups excluding carboxylic acids is 1. The van der Waals surface area contributed by atoms with Gasteiger partial charge in [-0.1, -0.05) is 6.07 Å². The molecule has 0 amide bonds. The van der Waals surface area contributed by atoms with Gasteiger partial charge in [0.1, 0.15) is 4.47 Å². The minimum Gasteiger partial charge on any atom is -0.417 e. The number of rotatable bonds is 2. The monoisotopic (exact) mass is 362 g/mol. The number of halogens is 2. The second-order valence-corrected chi connectivity index (χ2v) is 5.52. The molecule has 0 unspecified atom stereocenters. The SMILES string of the molecule is O=C(c1cccs1)c1oc(=O)c(Br)cc1Br. The molecule has 82 valence electrons. The summed E-state index contributed by atoms with van der Waals surface area (Å²) in [6.45, 7) is 0. The van der Waals surface area contributed by atoms with Gasteiger partial charge in [0.05, 0.1) is 9.35 Å². The van der Waals surface area contributed by atoms with Crippen LogP contribution in [-0.4, -0.2) is 5.78 Å². The summed E-state index contributed by atoms with van der Waals surface area (Å²) < 4.78 is 5.67. The predicted molar refractivity (Wildman–Crippen MR) is 68.1 cm³/mol. The zero-order chi connectivity index (χ0) is 11.7. The van der Waals surface area contributed by atoms with Gasteiger partial charge in [0.15, 0.2) is 5.76 Å². The maximum atomic E-state index is 11.9. The van der Waals surface area contributed by atoms with E-state index in [0.29, 0.717) is 9.35 Å². The second-order valence-electron chi connectivity index (χ2n) is 2.87. The van der Waals surface area contributed by atoms with Gasteiger partial charge in [0.25, 0.3) is 0 Å². The van der Waals surface area contributed by atoms with Crippen LogP contribution in [0.3, 0.4) is 0 Å². The molecule has 0 aromatic carbocycles. The summed E-state index contributed by atoms with van der Waals surface area (Å²) in [6, 6.07) is 4.96. The van der Waals surface area contributed by atoms with E-state index in [0.717, 1.165) is 0 Å². The van der Waals surface area contributed by atoms with Crippen molar-refractivity contribution in [3.05, 3.63) is 53.6 Å². The van der Waals surface area contributed by atoms with Gasteiger partial charge in [-0.25, -0.2) is 4.79 Å². The van der Waals surface area contributed by atoms with E-state index < -0.39 is 5.63 Å². The number of hydrogen-bond acceptors (Lipinski definition) is 4. The van der Waals surface area contributed by atoms with Crippen LogP contribution in [0.4, 0.5) is 0 Å². The van der Waals surface area contributed by atoms with Crippen LogP contribution in [0.15, 0.2) is 41.7 Å². The van der Waals surface area contributed by atoms with Gasteiger partial charge in [-0.15, -0.1) is 11.3 Å². The first-order valence-corrected chi connectivity index (χ1v) is 6.63. The fraction of sp³-hybridized carbons (Fsp3) is 0. The summed E-state index contributed by atoms with van der Waals surface area (Å²) in [4.78, 5) is 23.7. The molecule has 2 rings (SSSR count). The van der Waals surface area contributed by atoms with Gasteiger partial charge < -0.3 is 4.42 Å².